The van der Waals surface area contributed by atoms with Crippen LogP contribution in [0.2, 0.25) is 0 Å². The maximum absolute atomic E-state index is 12.6. The van der Waals surface area contributed by atoms with Crippen molar-refractivity contribution in [3.63, 3.8) is 0 Å². The van der Waals surface area contributed by atoms with E-state index in [1.165, 1.54) is 4.31 Å². The highest BCUT2D eigenvalue weighted by Crippen LogP contribution is 2.26. The predicted octanol–water partition coefficient (Wildman–Crippen LogP) is 3.48. The SMILES string of the molecule is C[C@@H](NC(=O)c1cccc(N2CCCS2(=O)=O)c1)c1ccccc1Br. The van der Waals surface area contributed by atoms with Gasteiger partial charge in [0.25, 0.3) is 5.91 Å². The zero-order valence-corrected chi connectivity index (χ0v) is 16.2. The lowest BCUT2D eigenvalue weighted by molar-refractivity contribution is 0.0940. The summed E-state index contributed by atoms with van der Waals surface area (Å²) in [5.74, 6) is -0.0793. The van der Waals surface area contributed by atoms with Crippen LogP contribution in [0.25, 0.3) is 0 Å². The number of halogens is 1. The summed E-state index contributed by atoms with van der Waals surface area (Å²) in [7, 11) is -3.26. The Bertz CT molecular complexity index is 899. The second-order valence-electron chi connectivity index (χ2n) is 6.01. The Hall–Kier alpha value is -1.86. The lowest BCUT2D eigenvalue weighted by Crippen LogP contribution is -2.28. The lowest BCUT2D eigenvalue weighted by atomic mass is 10.1. The largest absolute Gasteiger partial charge is 0.345 e. The van der Waals surface area contributed by atoms with Crippen molar-refractivity contribution in [2.24, 2.45) is 0 Å². The molecule has 0 radical (unpaired) electrons. The molecule has 2 aromatic carbocycles. The van der Waals surface area contributed by atoms with E-state index in [0.29, 0.717) is 24.2 Å². The van der Waals surface area contributed by atoms with Gasteiger partial charge in [-0.05, 0) is 43.2 Å². The first kappa shape index (κ1) is 17.9. The third kappa shape index (κ3) is 3.88. The molecule has 1 heterocycles. The molecule has 1 saturated heterocycles. The molecule has 1 aliphatic heterocycles. The fourth-order valence-electron chi connectivity index (χ4n) is 2.92. The number of hydrogen-bond acceptors (Lipinski definition) is 3. The van der Waals surface area contributed by atoms with Crippen molar-refractivity contribution in [1.29, 1.82) is 0 Å². The summed E-state index contributed by atoms with van der Waals surface area (Å²) in [6.07, 6.45) is 0.609. The lowest BCUT2D eigenvalue weighted by Gasteiger charge is -2.19. The van der Waals surface area contributed by atoms with Gasteiger partial charge in [0.2, 0.25) is 10.0 Å². The minimum Gasteiger partial charge on any atom is -0.345 e. The van der Waals surface area contributed by atoms with E-state index in [9.17, 15) is 13.2 Å². The minimum atomic E-state index is -3.26. The van der Waals surface area contributed by atoms with Gasteiger partial charge < -0.3 is 5.32 Å². The first-order valence-corrected chi connectivity index (χ1v) is 10.4. The molecule has 1 aliphatic rings. The number of carbonyl (C=O) groups excluding carboxylic acids is 1. The number of sulfonamides is 1. The summed E-state index contributed by atoms with van der Waals surface area (Å²) in [4.78, 5) is 12.6. The molecule has 132 valence electrons. The summed E-state index contributed by atoms with van der Waals surface area (Å²) < 4.78 is 26.4. The fourth-order valence-corrected chi connectivity index (χ4v) is 5.10. The van der Waals surface area contributed by atoms with Crippen molar-refractivity contribution >= 4 is 37.5 Å². The predicted molar refractivity (Wildman–Crippen MR) is 102 cm³/mol. The number of carbonyl (C=O) groups is 1. The molecule has 0 unspecified atom stereocenters. The normalized spacial score (nSPS) is 17.3. The Morgan fingerprint density at radius 2 is 1.96 bits per heavy atom. The van der Waals surface area contributed by atoms with Crippen molar-refractivity contribution in [3.8, 4) is 0 Å². The Kier molecular flexibility index (Phi) is 5.15. The summed E-state index contributed by atoms with van der Waals surface area (Å²) in [6, 6.07) is 14.3. The molecule has 0 aliphatic carbocycles. The summed E-state index contributed by atoms with van der Waals surface area (Å²) in [6.45, 7) is 2.37. The molecule has 2 aromatic rings. The Morgan fingerprint density at radius 3 is 2.64 bits per heavy atom. The second kappa shape index (κ2) is 7.17. The van der Waals surface area contributed by atoms with Crippen molar-refractivity contribution in [2.75, 3.05) is 16.6 Å². The molecule has 0 bridgehead atoms. The number of anilines is 1. The Morgan fingerprint density at radius 1 is 1.20 bits per heavy atom. The van der Waals surface area contributed by atoms with E-state index >= 15 is 0 Å². The van der Waals surface area contributed by atoms with Crippen LogP contribution in [0.4, 0.5) is 5.69 Å². The Balaban J connectivity index is 1.79. The molecule has 3 rings (SSSR count). The van der Waals surface area contributed by atoms with Crippen LogP contribution in [0, 0.1) is 0 Å². The third-order valence-electron chi connectivity index (χ3n) is 4.21. The molecular weight excluding hydrogens is 404 g/mol. The molecule has 0 saturated carbocycles. The topological polar surface area (TPSA) is 66.5 Å². The smallest absolute Gasteiger partial charge is 0.251 e. The van der Waals surface area contributed by atoms with Gasteiger partial charge in [-0.25, -0.2) is 8.42 Å². The number of benzene rings is 2. The molecule has 1 N–H and O–H groups in total. The molecular formula is C18H19BrN2O3S. The van der Waals surface area contributed by atoms with E-state index < -0.39 is 10.0 Å². The van der Waals surface area contributed by atoms with Gasteiger partial charge in [0, 0.05) is 16.6 Å². The molecule has 5 nitrogen and oxygen atoms in total. The zero-order valence-electron chi connectivity index (χ0n) is 13.8. The first-order chi connectivity index (χ1) is 11.9. The van der Waals surface area contributed by atoms with Crippen LogP contribution in [-0.2, 0) is 10.0 Å². The number of nitrogens with zero attached hydrogens (tertiary/aromatic N) is 1. The molecule has 7 heteroatoms. The fraction of sp³-hybridized carbons (Fsp3) is 0.278. The Labute approximate surface area is 156 Å². The van der Waals surface area contributed by atoms with E-state index in [-0.39, 0.29) is 17.7 Å². The second-order valence-corrected chi connectivity index (χ2v) is 8.88. The van der Waals surface area contributed by atoms with Crippen LogP contribution in [0.5, 0.6) is 0 Å². The highest BCUT2D eigenvalue weighted by atomic mass is 79.9. The van der Waals surface area contributed by atoms with Crippen LogP contribution >= 0.6 is 15.9 Å². The van der Waals surface area contributed by atoms with Gasteiger partial charge in [-0.2, -0.15) is 0 Å². The minimum absolute atomic E-state index is 0.155. The van der Waals surface area contributed by atoms with Gasteiger partial charge in [0.05, 0.1) is 17.5 Å². The standard InChI is InChI=1S/C18H19BrN2O3S/c1-13(16-8-2-3-9-17(16)19)20-18(22)14-6-4-7-15(12-14)21-10-5-11-25(21,23)24/h2-4,6-9,12-13H,5,10-11H2,1H3,(H,20,22)/t13-/m1/s1. The van der Waals surface area contributed by atoms with Gasteiger partial charge in [-0.15, -0.1) is 0 Å². The van der Waals surface area contributed by atoms with Crippen LogP contribution in [0.15, 0.2) is 53.0 Å². The average Bonchev–Trinajstić information content (AvgIpc) is 2.94. The highest BCUT2D eigenvalue weighted by Gasteiger charge is 2.28. The van der Waals surface area contributed by atoms with Gasteiger partial charge >= 0.3 is 0 Å². The number of hydrogen-bond donors (Lipinski definition) is 1. The van der Waals surface area contributed by atoms with Crippen LogP contribution in [0.1, 0.15) is 35.3 Å². The van der Waals surface area contributed by atoms with Crippen LogP contribution in [0.3, 0.4) is 0 Å². The molecule has 1 fully saturated rings. The summed E-state index contributed by atoms with van der Waals surface area (Å²) >= 11 is 3.49. The molecule has 1 amide bonds. The quantitative estimate of drug-likeness (QED) is 0.819. The van der Waals surface area contributed by atoms with Gasteiger partial charge in [-0.3, -0.25) is 9.10 Å². The summed E-state index contributed by atoms with van der Waals surface area (Å²) in [5, 5.41) is 2.95. The number of rotatable bonds is 4. The zero-order chi connectivity index (χ0) is 18.0. The van der Waals surface area contributed by atoms with Crippen LogP contribution in [-0.4, -0.2) is 26.6 Å². The van der Waals surface area contributed by atoms with E-state index in [1.807, 2.05) is 31.2 Å². The van der Waals surface area contributed by atoms with Crippen molar-refractivity contribution in [2.45, 2.75) is 19.4 Å². The van der Waals surface area contributed by atoms with Crippen molar-refractivity contribution in [3.05, 3.63) is 64.1 Å². The van der Waals surface area contributed by atoms with Gasteiger partial charge in [0.1, 0.15) is 0 Å². The molecule has 0 spiro atoms. The van der Waals surface area contributed by atoms with E-state index in [1.54, 1.807) is 24.3 Å². The average molecular weight is 423 g/mol. The van der Waals surface area contributed by atoms with Gasteiger partial charge in [-0.1, -0.05) is 40.2 Å². The van der Waals surface area contributed by atoms with Crippen molar-refractivity contribution in [1.82, 2.24) is 5.32 Å². The molecule has 1 atom stereocenters. The van der Waals surface area contributed by atoms with E-state index in [0.717, 1.165) is 10.0 Å². The molecule has 0 aromatic heterocycles. The van der Waals surface area contributed by atoms with Crippen LogP contribution < -0.4 is 9.62 Å². The highest BCUT2D eigenvalue weighted by molar-refractivity contribution is 9.10. The van der Waals surface area contributed by atoms with Crippen molar-refractivity contribution < 1.29 is 13.2 Å². The molecule has 25 heavy (non-hydrogen) atoms. The maximum atomic E-state index is 12.6. The monoisotopic (exact) mass is 422 g/mol. The number of nitrogens with one attached hydrogen (secondary N) is 1. The van der Waals surface area contributed by atoms with E-state index in [4.69, 9.17) is 0 Å². The first-order valence-electron chi connectivity index (χ1n) is 8.04. The third-order valence-corrected chi connectivity index (χ3v) is 6.81. The summed E-state index contributed by atoms with van der Waals surface area (Å²) in [5.41, 5.74) is 1.96. The van der Waals surface area contributed by atoms with Gasteiger partial charge in [0.15, 0.2) is 0 Å². The van der Waals surface area contributed by atoms with E-state index in [2.05, 4.69) is 21.2 Å². The number of amides is 1. The maximum Gasteiger partial charge on any atom is 0.251 e.